The second-order valence-electron chi connectivity index (χ2n) is 10.9. The van der Waals surface area contributed by atoms with E-state index in [-0.39, 0.29) is 5.97 Å². The molecule has 1 N–H and O–H groups in total. The van der Waals surface area contributed by atoms with E-state index in [1.807, 2.05) is 0 Å². The van der Waals surface area contributed by atoms with Crippen molar-refractivity contribution in [2.75, 3.05) is 6.61 Å². The maximum Gasteiger partial charge on any atom is 0.305 e. The van der Waals surface area contributed by atoms with Crippen molar-refractivity contribution in [3.05, 3.63) is 12.2 Å². The number of aliphatic carboxylic acids is 1. The number of carboxylic acid groups (broad SMARTS) is 1. The molecular weight excluding hydrogens is 460 g/mol. The van der Waals surface area contributed by atoms with Gasteiger partial charge in [0.15, 0.2) is 0 Å². The van der Waals surface area contributed by atoms with Crippen LogP contribution in [0.3, 0.4) is 0 Å². The number of carbonyl (C=O) groups is 2. The van der Waals surface area contributed by atoms with E-state index >= 15 is 0 Å². The molecule has 0 aromatic carbocycles. The smallest absolute Gasteiger partial charge is 0.305 e. The molecule has 0 aromatic rings. The van der Waals surface area contributed by atoms with Crippen LogP contribution in [0.1, 0.15) is 180 Å². The summed E-state index contributed by atoms with van der Waals surface area (Å²) in [5.74, 6) is -0.697. The molecule has 0 fully saturated rings. The van der Waals surface area contributed by atoms with Gasteiger partial charge in [-0.1, -0.05) is 135 Å². The van der Waals surface area contributed by atoms with E-state index in [1.54, 1.807) is 0 Å². The van der Waals surface area contributed by atoms with Crippen molar-refractivity contribution in [1.29, 1.82) is 0 Å². The van der Waals surface area contributed by atoms with Crippen molar-refractivity contribution in [3.63, 3.8) is 0 Å². The summed E-state index contributed by atoms with van der Waals surface area (Å²) in [6.07, 6.45) is 36.4. The fourth-order valence-corrected chi connectivity index (χ4v) is 4.74. The molecule has 0 atom stereocenters. The summed E-state index contributed by atoms with van der Waals surface area (Å²) in [6, 6.07) is 0. The van der Waals surface area contributed by atoms with E-state index in [4.69, 9.17) is 9.84 Å². The Bertz CT molecular complexity index is 514. The van der Waals surface area contributed by atoms with Crippen LogP contribution in [0.5, 0.6) is 0 Å². The maximum atomic E-state index is 11.9. The fraction of sp³-hybridized carbons (Fsp3) is 0.879. The van der Waals surface area contributed by atoms with Gasteiger partial charge in [0.25, 0.3) is 0 Å². The van der Waals surface area contributed by atoms with Gasteiger partial charge >= 0.3 is 11.9 Å². The second-order valence-corrected chi connectivity index (χ2v) is 10.9. The number of unbranched alkanes of at least 4 members (excludes halogenated alkanes) is 22. The highest BCUT2D eigenvalue weighted by Crippen LogP contribution is 2.13. The average Bonchev–Trinajstić information content (AvgIpc) is 2.88. The summed E-state index contributed by atoms with van der Waals surface area (Å²) in [4.78, 5) is 22.3. The highest BCUT2D eigenvalue weighted by atomic mass is 16.5. The predicted octanol–water partition coefficient (Wildman–Crippen LogP) is 10.7. The Balaban J connectivity index is 3.19. The number of carboxylic acids is 1. The van der Waals surface area contributed by atoms with Crippen LogP contribution in [-0.2, 0) is 14.3 Å². The van der Waals surface area contributed by atoms with Gasteiger partial charge in [0.2, 0.25) is 0 Å². The minimum atomic E-state index is -0.681. The molecule has 0 aliphatic carbocycles. The molecular formula is C33H62O4. The van der Waals surface area contributed by atoms with E-state index in [2.05, 4.69) is 19.1 Å². The topological polar surface area (TPSA) is 63.6 Å². The molecule has 0 aliphatic heterocycles. The minimum absolute atomic E-state index is 0.0158. The molecule has 0 unspecified atom stereocenters. The van der Waals surface area contributed by atoms with Crippen LogP contribution in [-0.4, -0.2) is 23.7 Å². The number of rotatable bonds is 30. The Kier molecular flexibility index (Phi) is 29.8. The Morgan fingerprint density at radius 2 is 0.892 bits per heavy atom. The molecule has 0 rings (SSSR count). The van der Waals surface area contributed by atoms with Gasteiger partial charge in [-0.3, -0.25) is 9.59 Å². The molecule has 0 aliphatic rings. The van der Waals surface area contributed by atoms with E-state index < -0.39 is 5.97 Å². The van der Waals surface area contributed by atoms with Gasteiger partial charge in [-0.15, -0.1) is 0 Å². The zero-order chi connectivity index (χ0) is 27.1. The summed E-state index contributed by atoms with van der Waals surface area (Å²) in [7, 11) is 0. The molecule has 0 heterocycles. The van der Waals surface area contributed by atoms with Crippen molar-refractivity contribution in [2.24, 2.45) is 0 Å². The normalized spacial score (nSPS) is 11.4. The number of carbonyl (C=O) groups excluding carboxylic acids is 1. The van der Waals surface area contributed by atoms with Gasteiger partial charge in [0.05, 0.1) is 6.61 Å². The molecule has 0 amide bonds. The monoisotopic (exact) mass is 522 g/mol. The number of hydrogen-bond acceptors (Lipinski definition) is 3. The Hall–Kier alpha value is -1.32. The first kappa shape index (κ1) is 35.7. The molecule has 0 bridgehead atoms. The number of esters is 1. The molecule has 4 nitrogen and oxygen atoms in total. The van der Waals surface area contributed by atoms with Crippen LogP contribution in [0, 0.1) is 0 Å². The molecule has 0 spiro atoms. The molecule has 37 heavy (non-hydrogen) atoms. The van der Waals surface area contributed by atoms with Crippen molar-refractivity contribution in [3.8, 4) is 0 Å². The highest BCUT2D eigenvalue weighted by Gasteiger charge is 2.03. The van der Waals surface area contributed by atoms with Gasteiger partial charge in [0.1, 0.15) is 0 Å². The van der Waals surface area contributed by atoms with E-state index in [1.165, 1.54) is 116 Å². The molecule has 0 aromatic heterocycles. The molecule has 0 radical (unpaired) electrons. The van der Waals surface area contributed by atoms with Crippen LogP contribution >= 0.6 is 0 Å². The van der Waals surface area contributed by atoms with Crippen molar-refractivity contribution in [1.82, 2.24) is 0 Å². The minimum Gasteiger partial charge on any atom is -0.481 e. The van der Waals surface area contributed by atoms with Crippen LogP contribution < -0.4 is 0 Å². The summed E-state index contributed by atoms with van der Waals surface area (Å²) in [5.41, 5.74) is 0. The molecule has 0 saturated carbocycles. The summed E-state index contributed by atoms with van der Waals surface area (Å²) in [6.45, 7) is 2.85. The van der Waals surface area contributed by atoms with E-state index in [9.17, 15) is 9.59 Å². The summed E-state index contributed by atoms with van der Waals surface area (Å²) >= 11 is 0. The largest absolute Gasteiger partial charge is 0.481 e. The van der Waals surface area contributed by atoms with Crippen molar-refractivity contribution >= 4 is 11.9 Å². The Morgan fingerprint density at radius 1 is 0.514 bits per heavy atom. The summed E-state index contributed by atoms with van der Waals surface area (Å²) in [5, 5.41) is 8.61. The number of ether oxygens (including phenoxy) is 1. The first-order valence-corrected chi connectivity index (χ1v) is 16.2. The standard InChI is InChI=1S/C33H62O4/c1-2-3-4-5-6-7-8-9-10-11-12-13-14-18-21-24-27-30-33(36)37-31-28-25-22-19-16-15-17-20-23-26-29-32(34)35/h7-8H,2-6,9-31H2,1H3,(H,34,35). The second kappa shape index (κ2) is 30.9. The fourth-order valence-electron chi connectivity index (χ4n) is 4.74. The average molecular weight is 523 g/mol. The third-order valence-corrected chi connectivity index (χ3v) is 7.19. The zero-order valence-electron chi connectivity index (χ0n) is 24.6. The number of hydrogen-bond donors (Lipinski definition) is 1. The predicted molar refractivity (Wildman–Crippen MR) is 158 cm³/mol. The third kappa shape index (κ3) is 32.7. The van der Waals surface area contributed by atoms with Crippen molar-refractivity contribution in [2.45, 2.75) is 180 Å². The molecule has 218 valence electrons. The molecule has 4 heteroatoms. The van der Waals surface area contributed by atoms with Gasteiger partial charge in [-0.05, 0) is 44.9 Å². The highest BCUT2D eigenvalue weighted by molar-refractivity contribution is 5.69. The summed E-state index contributed by atoms with van der Waals surface area (Å²) < 4.78 is 5.38. The maximum absolute atomic E-state index is 11.9. The quantitative estimate of drug-likeness (QED) is 0.0578. The Labute approximate surface area is 230 Å². The zero-order valence-corrected chi connectivity index (χ0v) is 24.6. The first-order chi connectivity index (χ1) is 18.2. The van der Waals surface area contributed by atoms with Crippen LogP contribution in [0.4, 0.5) is 0 Å². The van der Waals surface area contributed by atoms with Crippen LogP contribution in [0.25, 0.3) is 0 Å². The first-order valence-electron chi connectivity index (χ1n) is 16.2. The van der Waals surface area contributed by atoms with Gasteiger partial charge in [0, 0.05) is 12.8 Å². The van der Waals surface area contributed by atoms with Gasteiger partial charge in [-0.25, -0.2) is 0 Å². The lowest BCUT2D eigenvalue weighted by atomic mass is 10.1. The van der Waals surface area contributed by atoms with E-state index in [0.29, 0.717) is 19.4 Å². The lowest BCUT2D eigenvalue weighted by Gasteiger charge is -2.06. The third-order valence-electron chi connectivity index (χ3n) is 7.19. The molecule has 0 saturated heterocycles. The van der Waals surface area contributed by atoms with E-state index in [0.717, 1.165) is 44.9 Å². The van der Waals surface area contributed by atoms with Crippen molar-refractivity contribution < 1.29 is 19.4 Å². The van der Waals surface area contributed by atoms with Gasteiger partial charge < -0.3 is 9.84 Å². The lowest BCUT2D eigenvalue weighted by molar-refractivity contribution is -0.144. The SMILES string of the molecule is CCCCCCC=CCCCCCCCCCCCC(=O)OCCCCCCCCCCCCC(=O)O. The Morgan fingerprint density at radius 3 is 1.35 bits per heavy atom. The van der Waals surface area contributed by atoms with Crippen LogP contribution in [0.15, 0.2) is 12.2 Å². The van der Waals surface area contributed by atoms with Gasteiger partial charge in [-0.2, -0.15) is 0 Å². The lowest BCUT2D eigenvalue weighted by Crippen LogP contribution is -2.05. The number of allylic oxidation sites excluding steroid dienone is 2. The van der Waals surface area contributed by atoms with Crippen LogP contribution in [0.2, 0.25) is 0 Å².